The predicted molar refractivity (Wildman–Crippen MR) is 101 cm³/mol. The number of aromatic carboxylic acids is 1. The van der Waals surface area contributed by atoms with Gasteiger partial charge in [-0.2, -0.15) is 0 Å². The largest absolute Gasteiger partial charge is 0.478 e. The number of carboxylic acid groups (broad SMARTS) is 1. The molecule has 0 spiro atoms. The molecular weight excluding hydrogens is 348 g/mol. The normalized spacial score (nSPS) is 12.7. The van der Waals surface area contributed by atoms with Gasteiger partial charge in [0.15, 0.2) is 6.29 Å². The van der Waals surface area contributed by atoms with Gasteiger partial charge >= 0.3 is 5.97 Å². The molecule has 0 saturated carbocycles. The van der Waals surface area contributed by atoms with E-state index in [4.69, 9.17) is 10.8 Å². The zero-order valence-corrected chi connectivity index (χ0v) is 14.9. The highest BCUT2D eigenvalue weighted by Crippen LogP contribution is 2.17. The summed E-state index contributed by atoms with van der Waals surface area (Å²) in [5.74, 6) is -1.41. The molecule has 142 valence electrons. The fourth-order valence-corrected chi connectivity index (χ4v) is 2.49. The Bertz CT molecular complexity index is 836. The Morgan fingerprint density at radius 1 is 1.33 bits per heavy atom. The summed E-state index contributed by atoms with van der Waals surface area (Å²) in [5.41, 5.74) is 6.50. The summed E-state index contributed by atoms with van der Waals surface area (Å²) < 4.78 is 0. The summed E-state index contributed by atoms with van der Waals surface area (Å²) in [4.78, 5) is 38.0. The number of aldehydes is 1. The fourth-order valence-electron chi connectivity index (χ4n) is 2.49. The number of rotatable bonds is 9. The predicted octanol–water partition coefficient (Wildman–Crippen LogP) is 2.03. The van der Waals surface area contributed by atoms with Crippen LogP contribution in [0.5, 0.6) is 0 Å². The van der Waals surface area contributed by atoms with E-state index in [-0.39, 0.29) is 23.6 Å². The van der Waals surface area contributed by atoms with E-state index in [0.717, 1.165) is 11.3 Å². The molecule has 2 rings (SSSR count). The summed E-state index contributed by atoms with van der Waals surface area (Å²) in [6, 6.07) is 8.77. The smallest absolute Gasteiger partial charge is 0.337 e. The molecule has 8 heteroatoms. The molecule has 0 radical (unpaired) electrons. The number of nitrogens with two attached hydrogens (primary N) is 1. The van der Waals surface area contributed by atoms with Crippen LogP contribution in [0, 0.1) is 0 Å². The Kier molecular flexibility index (Phi) is 6.62. The molecule has 1 aromatic carbocycles. The molecule has 1 aromatic heterocycles. The van der Waals surface area contributed by atoms with Gasteiger partial charge < -0.3 is 21.5 Å². The SMILES string of the molecule is C[C@@](N)(C=O)Nc1cccc(CCCC(=O)Nc2cnccc2C(=O)O)c1. The van der Waals surface area contributed by atoms with Crippen molar-refractivity contribution < 1.29 is 19.5 Å². The van der Waals surface area contributed by atoms with E-state index >= 15 is 0 Å². The number of amides is 1. The summed E-state index contributed by atoms with van der Waals surface area (Å²) >= 11 is 0. The Hall–Kier alpha value is -3.26. The van der Waals surface area contributed by atoms with E-state index < -0.39 is 11.6 Å². The average molecular weight is 370 g/mol. The van der Waals surface area contributed by atoms with Crippen molar-refractivity contribution in [3.8, 4) is 0 Å². The molecule has 0 aliphatic rings. The Morgan fingerprint density at radius 2 is 2.11 bits per heavy atom. The van der Waals surface area contributed by atoms with Crippen LogP contribution in [-0.2, 0) is 16.0 Å². The lowest BCUT2D eigenvalue weighted by molar-refractivity contribution is -0.116. The highest BCUT2D eigenvalue weighted by molar-refractivity contribution is 6.00. The maximum Gasteiger partial charge on any atom is 0.337 e. The van der Waals surface area contributed by atoms with Crippen LogP contribution in [0.3, 0.4) is 0 Å². The van der Waals surface area contributed by atoms with Crippen molar-refractivity contribution in [1.29, 1.82) is 0 Å². The monoisotopic (exact) mass is 370 g/mol. The van der Waals surface area contributed by atoms with Crippen molar-refractivity contribution in [1.82, 2.24) is 4.98 Å². The van der Waals surface area contributed by atoms with Crippen LogP contribution >= 0.6 is 0 Å². The summed E-state index contributed by atoms with van der Waals surface area (Å²) in [6.45, 7) is 1.57. The molecule has 27 heavy (non-hydrogen) atoms. The second kappa shape index (κ2) is 8.91. The van der Waals surface area contributed by atoms with Gasteiger partial charge in [-0.1, -0.05) is 12.1 Å². The van der Waals surface area contributed by atoms with Gasteiger partial charge in [-0.05, 0) is 43.5 Å². The maximum atomic E-state index is 12.1. The van der Waals surface area contributed by atoms with E-state index in [0.29, 0.717) is 19.1 Å². The Balaban J connectivity index is 1.89. The molecular formula is C19H22N4O4. The van der Waals surface area contributed by atoms with E-state index in [1.54, 1.807) is 13.0 Å². The minimum Gasteiger partial charge on any atom is -0.478 e. The third-order valence-corrected chi connectivity index (χ3v) is 3.78. The zero-order valence-electron chi connectivity index (χ0n) is 14.9. The molecule has 0 bridgehead atoms. The first kappa shape index (κ1) is 20.1. The second-order valence-electron chi connectivity index (χ2n) is 6.35. The first-order valence-electron chi connectivity index (χ1n) is 8.40. The van der Waals surface area contributed by atoms with Crippen LogP contribution < -0.4 is 16.4 Å². The highest BCUT2D eigenvalue weighted by Gasteiger charge is 2.16. The zero-order chi connectivity index (χ0) is 19.9. The van der Waals surface area contributed by atoms with Gasteiger partial charge in [-0.25, -0.2) is 4.79 Å². The van der Waals surface area contributed by atoms with Crippen molar-refractivity contribution in [2.45, 2.75) is 31.8 Å². The maximum absolute atomic E-state index is 12.1. The minimum atomic E-state index is -1.15. The number of benzene rings is 1. The molecule has 0 saturated heterocycles. The topological polar surface area (TPSA) is 134 Å². The van der Waals surface area contributed by atoms with E-state index in [2.05, 4.69) is 15.6 Å². The first-order chi connectivity index (χ1) is 12.8. The minimum absolute atomic E-state index is 0.00265. The van der Waals surface area contributed by atoms with Gasteiger partial charge in [-0.3, -0.25) is 14.6 Å². The lowest BCUT2D eigenvalue weighted by Gasteiger charge is -2.20. The fraction of sp³-hybridized carbons (Fsp3) is 0.263. The first-order valence-corrected chi connectivity index (χ1v) is 8.40. The van der Waals surface area contributed by atoms with E-state index in [1.807, 2.05) is 18.2 Å². The van der Waals surface area contributed by atoms with Crippen molar-refractivity contribution >= 4 is 29.5 Å². The molecule has 8 nitrogen and oxygen atoms in total. The van der Waals surface area contributed by atoms with Gasteiger partial charge in [0, 0.05) is 18.3 Å². The van der Waals surface area contributed by atoms with E-state index in [9.17, 15) is 14.4 Å². The number of nitrogens with zero attached hydrogens (tertiary/aromatic N) is 1. The lowest BCUT2D eigenvalue weighted by atomic mass is 10.1. The highest BCUT2D eigenvalue weighted by atomic mass is 16.4. The number of pyridine rings is 1. The van der Waals surface area contributed by atoms with Gasteiger partial charge in [0.1, 0.15) is 5.66 Å². The number of hydrogen-bond donors (Lipinski definition) is 4. The molecule has 1 atom stereocenters. The molecule has 0 aliphatic heterocycles. The number of nitrogens with one attached hydrogen (secondary N) is 2. The molecule has 2 aromatic rings. The van der Waals surface area contributed by atoms with Crippen LogP contribution in [0.15, 0.2) is 42.7 Å². The lowest BCUT2D eigenvalue weighted by Crippen LogP contribution is -2.46. The standard InChI is InChI=1S/C19H22N4O4/c1-19(20,12-24)23-14-6-2-4-13(10-14)5-3-7-17(25)22-16-11-21-9-8-15(16)18(26)27/h2,4,6,8-12,23H,3,5,7,20H2,1H3,(H,22,25)(H,26,27)/t19-/m0/s1. The van der Waals surface area contributed by atoms with Gasteiger partial charge in [-0.15, -0.1) is 0 Å². The molecule has 5 N–H and O–H groups in total. The van der Waals surface area contributed by atoms with Gasteiger partial charge in [0.25, 0.3) is 0 Å². The number of carbonyl (C=O) groups excluding carboxylic acids is 2. The number of carbonyl (C=O) groups is 3. The van der Waals surface area contributed by atoms with Crippen molar-refractivity contribution in [3.63, 3.8) is 0 Å². The van der Waals surface area contributed by atoms with Crippen LogP contribution in [0.2, 0.25) is 0 Å². The Morgan fingerprint density at radius 3 is 2.81 bits per heavy atom. The van der Waals surface area contributed by atoms with Crippen molar-refractivity contribution in [3.05, 3.63) is 53.9 Å². The van der Waals surface area contributed by atoms with Gasteiger partial charge in [0.2, 0.25) is 5.91 Å². The van der Waals surface area contributed by atoms with Crippen LogP contribution in [0.4, 0.5) is 11.4 Å². The number of anilines is 2. The van der Waals surface area contributed by atoms with Crippen LogP contribution in [-0.4, -0.2) is 33.9 Å². The molecule has 1 heterocycles. The third-order valence-electron chi connectivity index (χ3n) is 3.78. The second-order valence-corrected chi connectivity index (χ2v) is 6.35. The molecule has 1 amide bonds. The third kappa shape index (κ3) is 6.19. The summed E-state index contributed by atoms with van der Waals surface area (Å²) in [6.07, 6.45) is 4.75. The Labute approximate surface area is 156 Å². The number of hydrogen-bond acceptors (Lipinski definition) is 6. The quantitative estimate of drug-likeness (QED) is 0.392. The number of aromatic nitrogens is 1. The van der Waals surface area contributed by atoms with E-state index in [1.165, 1.54) is 18.5 Å². The van der Waals surface area contributed by atoms with Gasteiger partial charge in [0.05, 0.1) is 17.4 Å². The molecule has 0 aliphatic carbocycles. The van der Waals surface area contributed by atoms with Crippen molar-refractivity contribution in [2.75, 3.05) is 10.6 Å². The molecule has 0 unspecified atom stereocenters. The summed E-state index contributed by atoms with van der Waals surface area (Å²) in [7, 11) is 0. The number of carboxylic acids is 1. The van der Waals surface area contributed by atoms with Crippen LogP contribution in [0.1, 0.15) is 35.7 Å². The number of aryl methyl sites for hydroxylation is 1. The summed E-state index contributed by atoms with van der Waals surface area (Å²) in [5, 5.41) is 14.6. The van der Waals surface area contributed by atoms with Crippen molar-refractivity contribution in [2.24, 2.45) is 5.73 Å². The molecule has 0 fully saturated rings. The average Bonchev–Trinajstić information content (AvgIpc) is 2.62. The van der Waals surface area contributed by atoms with Crippen LogP contribution in [0.25, 0.3) is 0 Å².